The van der Waals surface area contributed by atoms with E-state index < -0.39 is 5.97 Å². The highest BCUT2D eigenvalue weighted by atomic mass is 32.1. The Morgan fingerprint density at radius 2 is 1.68 bits per heavy atom. The number of hydrogen-bond donors (Lipinski definition) is 3. The summed E-state index contributed by atoms with van der Waals surface area (Å²) in [4.78, 5) is 23.8. The van der Waals surface area contributed by atoms with Crippen LogP contribution in [0, 0.1) is 0 Å². The minimum Gasteiger partial charge on any atom is -0.488 e. The number of nitrogens with one attached hydrogen (secondary N) is 1. The van der Waals surface area contributed by atoms with E-state index in [0.717, 1.165) is 22.0 Å². The molecule has 0 bridgehead atoms. The molecule has 0 aliphatic rings. The summed E-state index contributed by atoms with van der Waals surface area (Å²) in [5.41, 5.74) is 3.16. The molecule has 156 valence electrons. The third kappa shape index (κ3) is 4.41. The van der Waals surface area contributed by atoms with Crippen molar-refractivity contribution in [3.05, 3.63) is 101 Å². The van der Waals surface area contributed by atoms with Crippen LogP contribution in [0.25, 0.3) is 10.9 Å². The topological polar surface area (TPSA) is 80.6 Å². The standard InChI is InChI=1S/C24H20N2O4S/c27-23(25-31)18-9-4-8-17(12-18)14-26-20-10-5-11-22(19(20)13-21(26)24(28)29)30-15-16-6-2-1-3-7-16/h1-13,31H,14-15H2,(H,25,27)(H,28,29). The van der Waals surface area contributed by atoms with Crippen LogP contribution in [0.4, 0.5) is 0 Å². The lowest BCUT2D eigenvalue weighted by molar-refractivity contribution is 0.0686. The number of amides is 1. The first-order valence-corrected chi connectivity index (χ1v) is 10.1. The van der Waals surface area contributed by atoms with E-state index in [0.29, 0.717) is 24.5 Å². The van der Waals surface area contributed by atoms with E-state index in [4.69, 9.17) is 4.74 Å². The number of fused-ring (bicyclic) bond motifs is 1. The first-order valence-electron chi connectivity index (χ1n) is 9.62. The molecule has 0 radical (unpaired) electrons. The number of aromatic carboxylic acids is 1. The molecule has 4 aromatic rings. The van der Waals surface area contributed by atoms with Crippen molar-refractivity contribution in [1.82, 2.24) is 9.29 Å². The molecule has 0 fully saturated rings. The average Bonchev–Trinajstić information content (AvgIpc) is 3.17. The lowest BCUT2D eigenvalue weighted by atomic mass is 10.1. The molecule has 0 atom stereocenters. The minimum atomic E-state index is -1.03. The number of carboxylic acids is 1. The zero-order valence-corrected chi connectivity index (χ0v) is 17.4. The van der Waals surface area contributed by atoms with Crippen LogP contribution in [0.5, 0.6) is 5.75 Å². The molecule has 0 unspecified atom stereocenters. The van der Waals surface area contributed by atoms with Gasteiger partial charge in [0.25, 0.3) is 5.91 Å². The Bertz CT molecular complexity index is 1250. The van der Waals surface area contributed by atoms with E-state index in [1.54, 1.807) is 28.8 Å². The Labute approximate surface area is 184 Å². The van der Waals surface area contributed by atoms with Crippen LogP contribution in [-0.4, -0.2) is 21.6 Å². The van der Waals surface area contributed by atoms with Crippen molar-refractivity contribution < 1.29 is 19.4 Å². The maximum atomic E-state index is 12.0. The molecule has 3 aromatic carbocycles. The third-order valence-electron chi connectivity index (χ3n) is 4.99. The number of nitrogens with zero attached hydrogens (tertiary/aromatic N) is 1. The lowest BCUT2D eigenvalue weighted by Crippen LogP contribution is -2.13. The largest absolute Gasteiger partial charge is 0.488 e. The maximum Gasteiger partial charge on any atom is 0.352 e. The highest BCUT2D eigenvalue weighted by Gasteiger charge is 2.18. The smallest absolute Gasteiger partial charge is 0.352 e. The van der Waals surface area contributed by atoms with Gasteiger partial charge in [-0.25, -0.2) is 4.79 Å². The van der Waals surface area contributed by atoms with E-state index in [1.807, 2.05) is 54.6 Å². The van der Waals surface area contributed by atoms with Gasteiger partial charge in [-0.1, -0.05) is 61.3 Å². The Balaban J connectivity index is 1.71. The fourth-order valence-corrected chi connectivity index (χ4v) is 3.65. The number of carbonyl (C=O) groups excluding carboxylic acids is 1. The second-order valence-electron chi connectivity index (χ2n) is 7.03. The molecule has 0 spiro atoms. The summed E-state index contributed by atoms with van der Waals surface area (Å²) in [6.07, 6.45) is 0. The predicted molar refractivity (Wildman–Crippen MR) is 122 cm³/mol. The van der Waals surface area contributed by atoms with Gasteiger partial charge in [0.1, 0.15) is 18.1 Å². The lowest BCUT2D eigenvalue weighted by Gasteiger charge is -2.11. The molecule has 0 aliphatic carbocycles. The molecule has 0 saturated heterocycles. The average molecular weight is 433 g/mol. The fraction of sp³-hybridized carbons (Fsp3) is 0.0833. The molecule has 31 heavy (non-hydrogen) atoms. The quantitative estimate of drug-likeness (QED) is 0.375. The fourth-order valence-electron chi connectivity index (χ4n) is 3.52. The molecule has 4 rings (SSSR count). The van der Waals surface area contributed by atoms with Crippen LogP contribution in [0.1, 0.15) is 32.0 Å². The van der Waals surface area contributed by atoms with Crippen molar-refractivity contribution in [3.63, 3.8) is 0 Å². The highest BCUT2D eigenvalue weighted by molar-refractivity contribution is 7.78. The first kappa shape index (κ1) is 20.6. The van der Waals surface area contributed by atoms with Gasteiger partial charge in [-0.15, -0.1) is 0 Å². The molecule has 1 amide bonds. The Hall–Kier alpha value is -3.71. The second-order valence-corrected chi connectivity index (χ2v) is 7.25. The van der Waals surface area contributed by atoms with Crippen molar-refractivity contribution >= 4 is 35.6 Å². The number of benzene rings is 3. The van der Waals surface area contributed by atoms with E-state index in [9.17, 15) is 14.7 Å². The number of aromatic nitrogens is 1. The van der Waals surface area contributed by atoms with E-state index >= 15 is 0 Å². The van der Waals surface area contributed by atoms with Crippen molar-refractivity contribution in [2.45, 2.75) is 13.2 Å². The molecule has 1 heterocycles. The predicted octanol–water partition coefficient (Wildman–Crippen LogP) is 4.54. The van der Waals surface area contributed by atoms with Gasteiger partial charge >= 0.3 is 5.97 Å². The second kappa shape index (κ2) is 8.97. The number of rotatable bonds is 7. The van der Waals surface area contributed by atoms with Crippen LogP contribution in [-0.2, 0) is 13.2 Å². The van der Waals surface area contributed by atoms with Crippen LogP contribution in [0.15, 0.2) is 78.9 Å². The summed E-state index contributed by atoms with van der Waals surface area (Å²) >= 11 is 3.80. The van der Waals surface area contributed by atoms with Gasteiger partial charge < -0.3 is 14.4 Å². The van der Waals surface area contributed by atoms with Crippen molar-refractivity contribution in [3.8, 4) is 5.75 Å². The van der Waals surface area contributed by atoms with Gasteiger partial charge in [0, 0.05) is 17.5 Å². The van der Waals surface area contributed by atoms with Gasteiger partial charge in [0.05, 0.1) is 5.52 Å². The number of thiol groups is 1. The monoisotopic (exact) mass is 432 g/mol. The van der Waals surface area contributed by atoms with Crippen LogP contribution >= 0.6 is 12.8 Å². The Morgan fingerprint density at radius 3 is 2.42 bits per heavy atom. The molecular formula is C24H20N2O4S. The van der Waals surface area contributed by atoms with E-state index in [-0.39, 0.29) is 11.6 Å². The minimum absolute atomic E-state index is 0.148. The Kier molecular flexibility index (Phi) is 5.95. The van der Waals surface area contributed by atoms with Gasteiger partial charge in [0.2, 0.25) is 0 Å². The third-order valence-corrected chi connectivity index (χ3v) is 5.20. The van der Waals surface area contributed by atoms with E-state index in [2.05, 4.69) is 17.5 Å². The molecule has 6 nitrogen and oxygen atoms in total. The van der Waals surface area contributed by atoms with E-state index in [1.165, 1.54) is 0 Å². The summed E-state index contributed by atoms with van der Waals surface area (Å²) in [6, 6.07) is 24.0. The summed E-state index contributed by atoms with van der Waals surface area (Å²) in [5, 5.41) is 10.5. The molecule has 7 heteroatoms. The van der Waals surface area contributed by atoms with Gasteiger partial charge in [-0.3, -0.25) is 9.52 Å². The Morgan fingerprint density at radius 1 is 0.935 bits per heavy atom. The molecule has 1 aromatic heterocycles. The molecule has 0 saturated carbocycles. The summed E-state index contributed by atoms with van der Waals surface area (Å²) < 4.78 is 10.0. The summed E-state index contributed by atoms with van der Waals surface area (Å²) in [6.45, 7) is 0.676. The van der Waals surface area contributed by atoms with Crippen molar-refractivity contribution in [2.75, 3.05) is 0 Å². The van der Waals surface area contributed by atoms with Crippen molar-refractivity contribution in [1.29, 1.82) is 0 Å². The molecule has 0 aliphatic heterocycles. The zero-order valence-electron chi connectivity index (χ0n) is 16.5. The maximum absolute atomic E-state index is 12.0. The number of hydrogen-bond acceptors (Lipinski definition) is 4. The number of ether oxygens (including phenoxy) is 1. The zero-order chi connectivity index (χ0) is 21.8. The summed E-state index contributed by atoms with van der Waals surface area (Å²) in [5.74, 6) is -0.738. The highest BCUT2D eigenvalue weighted by Crippen LogP contribution is 2.30. The van der Waals surface area contributed by atoms with Crippen LogP contribution < -0.4 is 9.46 Å². The number of carbonyl (C=O) groups is 2. The van der Waals surface area contributed by atoms with Crippen LogP contribution in [0.3, 0.4) is 0 Å². The van der Waals surface area contributed by atoms with Crippen LogP contribution in [0.2, 0.25) is 0 Å². The van der Waals surface area contributed by atoms with Gasteiger partial charge in [-0.2, -0.15) is 0 Å². The van der Waals surface area contributed by atoms with Gasteiger partial charge in [-0.05, 0) is 41.5 Å². The number of carboxylic acid groups (broad SMARTS) is 1. The SMILES string of the molecule is O=C(NS)c1cccc(Cn2c(C(=O)O)cc3c(OCc4ccccc4)cccc32)c1. The van der Waals surface area contributed by atoms with Crippen molar-refractivity contribution in [2.24, 2.45) is 0 Å². The van der Waals surface area contributed by atoms with Gasteiger partial charge in [0.15, 0.2) is 0 Å². The summed E-state index contributed by atoms with van der Waals surface area (Å²) in [7, 11) is 0. The molecular weight excluding hydrogens is 412 g/mol. The normalized spacial score (nSPS) is 10.7. The first-order chi connectivity index (χ1) is 15.1. The molecule has 2 N–H and O–H groups in total.